The van der Waals surface area contributed by atoms with Crippen LogP contribution in [0.1, 0.15) is 46.5 Å². The van der Waals surface area contributed by atoms with Crippen molar-refractivity contribution < 1.29 is 8.42 Å². The molecule has 3 unspecified atom stereocenters. The fraction of sp³-hybridized carbons (Fsp3) is 1.00. The lowest BCUT2D eigenvalue weighted by molar-refractivity contribution is 0.267. The standard InChI is InChI=1S/C12H25NO2S/c1-4-16(14,15)9-11(3)13-12-8-6-5-7-10(12)2/h10-13H,4-9H2,1-3H3. The molecule has 0 radical (unpaired) electrons. The van der Waals surface area contributed by atoms with Crippen molar-refractivity contribution >= 4 is 9.84 Å². The molecule has 0 aliphatic heterocycles. The molecule has 1 fully saturated rings. The van der Waals surface area contributed by atoms with Crippen molar-refractivity contribution in [3.63, 3.8) is 0 Å². The first-order chi connectivity index (χ1) is 7.44. The van der Waals surface area contributed by atoms with E-state index in [1.807, 2.05) is 6.92 Å². The Balaban J connectivity index is 2.41. The quantitative estimate of drug-likeness (QED) is 0.808. The Morgan fingerprint density at radius 3 is 2.50 bits per heavy atom. The van der Waals surface area contributed by atoms with Gasteiger partial charge in [-0.3, -0.25) is 0 Å². The van der Waals surface area contributed by atoms with Gasteiger partial charge >= 0.3 is 0 Å². The predicted octanol–water partition coefficient (Wildman–Crippen LogP) is 1.98. The summed E-state index contributed by atoms with van der Waals surface area (Å²) in [5, 5.41) is 3.48. The summed E-state index contributed by atoms with van der Waals surface area (Å²) < 4.78 is 23.0. The zero-order chi connectivity index (χ0) is 12.2. The summed E-state index contributed by atoms with van der Waals surface area (Å²) >= 11 is 0. The van der Waals surface area contributed by atoms with Gasteiger partial charge in [0.15, 0.2) is 9.84 Å². The van der Waals surface area contributed by atoms with Gasteiger partial charge in [0.05, 0.1) is 5.75 Å². The van der Waals surface area contributed by atoms with Crippen LogP contribution in [-0.4, -0.2) is 32.0 Å². The van der Waals surface area contributed by atoms with Crippen LogP contribution in [0.4, 0.5) is 0 Å². The van der Waals surface area contributed by atoms with Crippen LogP contribution in [0.25, 0.3) is 0 Å². The summed E-state index contributed by atoms with van der Waals surface area (Å²) in [5.74, 6) is 1.20. The highest BCUT2D eigenvalue weighted by atomic mass is 32.2. The molecule has 0 heterocycles. The van der Waals surface area contributed by atoms with Crippen LogP contribution in [-0.2, 0) is 9.84 Å². The normalized spacial score (nSPS) is 28.9. The van der Waals surface area contributed by atoms with Gasteiger partial charge in [-0.15, -0.1) is 0 Å². The summed E-state index contributed by atoms with van der Waals surface area (Å²) in [6, 6.07) is 0.589. The fourth-order valence-electron chi connectivity index (χ4n) is 2.48. The first kappa shape index (κ1) is 14.0. The highest BCUT2D eigenvalue weighted by Gasteiger charge is 2.23. The van der Waals surface area contributed by atoms with Gasteiger partial charge in [-0.1, -0.05) is 26.7 Å². The van der Waals surface area contributed by atoms with Gasteiger partial charge in [0, 0.05) is 17.8 Å². The van der Waals surface area contributed by atoms with Crippen molar-refractivity contribution in [1.29, 1.82) is 0 Å². The second-order valence-electron chi connectivity index (χ2n) is 5.13. The lowest BCUT2D eigenvalue weighted by Gasteiger charge is -2.32. The van der Waals surface area contributed by atoms with E-state index < -0.39 is 9.84 Å². The molecule has 0 aromatic heterocycles. The van der Waals surface area contributed by atoms with Gasteiger partial charge in [-0.25, -0.2) is 8.42 Å². The third-order valence-corrected chi connectivity index (χ3v) is 5.44. The van der Waals surface area contributed by atoms with Gasteiger partial charge in [0.25, 0.3) is 0 Å². The first-order valence-corrected chi connectivity index (χ1v) is 8.23. The van der Waals surface area contributed by atoms with E-state index in [-0.39, 0.29) is 17.5 Å². The van der Waals surface area contributed by atoms with Crippen LogP contribution in [0.15, 0.2) is 0 Å². The first-order valence-electron chi connectivity index (χ1n) is 6.41. The van der Waals surface area contributed by atoms with Gasteiger partial charge in [-0.05, 0) is 25.7 Å². The van der Waals surface area contributed by atoms with Crippen LogP contribution < -0.4 is 5.32 Å². The monoisotopic (exact) mass is 247 g/mol. The summed E-state index contributed by atoms with van der Waals surface area (Å²) in [5.41, 5.74) is 0. The molecule has 0 saturated heterocycles. The minimum absolute atomic E-state index is 0.0792. The SMILES string of the molecule is CCS(=O)(=O)CC(C)NC1CCCCC1C. The predicted molar refractivity (Wildman–Crippen MR) is 68.3 cm³/mol. The average Bonchev–Trinajstić information content (AvgIpc) is 2.21. The number of nitrogens with one attached hydrogen (secondary N) is 1. The Hall–Kier alpha value is -0.0900. The van der Waals surface area contributed by atoms with Crippen LogP contribution in [0.2, 0.25) is 0 Å². The molecule has 0 bridgehead atoms. The Labute approximate surface area is 99.9 Å². The Kier molecular flexibility index (Phi) is 5.25. The maximum atomic E-state index is 11.5. The molecule has 1 N–H and O–H groups in total. The zero-order valence-electron chi connectivity index (χ0n) is 10.7. The highest BCUT2D eigenvalue weighted by molar-refractivity contribution is 7.91. The highest BCUT2D eigenvalue weighted by Crippen LogP contribution is 2.24. The van der Waals surface area contributed by atoms with Crippen molar-refractivity contribution in [2.45, 2.75) is 58.5 Å². The van der Waals surface area contributed by atoms with E-state index in [1.54, 1.807) is 6.92 Å². The summed E-state index contributed by atoms with van der Waals surface area (Å²) in [6.07, 6.45) is 5.05. The largest absolute Gasteiger partial charge is 0.310 e. The van der Waals surface area contributed by atoms with E-state index in [4.69, 9.17) is 0 Å². The number of sulfone groups is 1. The van der Waals surface area contributed by atoms with Crippen molar-refractivity contribution in [3.05, 3.63) is 0 Å². The van der Waals surface area contributed by atoms with Gasteiger partial charge in [0.2, 0.25) is 0 Å². The van der Waals surface area contributed by atoms with E-state index in [0.29, 0.717) is 12.0 Å². The van der Waals surface area contributed by atoms with Gasteiger partial charge < -0.3 is 5.32 Å². The molecule has 1 aliphatic carbocycles. The summed E-state index contributed by atoms with van der Waals surface area (Å²) in [6.45, 7) is 5.96. The minimum Gasteiger partial charge on any atom is -0.310 e. The molecule has 0 amide bonds. The maximum absolute atomic E-state index is 11.5. The molecule has 96 valence electrons. The van der Waals surface area contributed by atoms with Crippen molar-refractivity contribution in [2.24, 2.45) is 5.92 Å². The number of rotatable bonds is 5. The van der Waals surface area contributed by atoms with Gasteiger partial charge in [0.1, 0.15) is 0 Å². The number of hydrogen-bond donors (Lipinski definition) is 1. The van der Waals surface area contributed by atoms with E-state index in [0.717, 1.165) is 0 Å². The second kappa shape index (κ2) is 6.01. The Bertz CT molecular complexity index is 300. The summed E-state index contributed by atoms with van der Waals surface area (Å²) in [4.78, 5) is 0. The molecule has 0 aromatic rings. The molecule has 0 spiro atoms. The molecule has 1 rings (SSSR count). The van der Waals surface area contributed by atoms with Crippen LogP contribution in [0, 0.1) is 5.92 Å². The lowest BCUT2D eigenvalue weighted by Crippen LogP contribution is -2.45. The van der Waals surface area contributed by atoms with Crippen molar-refractivity contribution in [3.8, 4) is 0 Å². The molecular weight excluding hydrogens is 222 g/mol. The minimum atomic E-state index is -2.85. The zero-order valence-corrected chi connectivity index (χ0v) is 11.5. The molecular formula is C12H25NO2S. The van der Waals surface area contributed by atoms with Crippen LogP contribution in [0.3, 0.4) is 0 Å². The average molecular weight is 247 g/mol. The Morgan fingerprint density at radius 1 is 1.31 bits per heavy atom. The lowest BCUT2D eigenvalue weighted by atomic mass is 9.85. The molecule has 4 heteroatoms. The smallest absolute Gasteiger partial charge is 0.151 e. The molecule has 1 saturated carbocycles. The summed E-state index contributed by atoms with van der Waals surface area (Å²) in [7, 11) is -2.85. The van der Waals surface area contributed by atoms with Gasteiger partial charge in [-0.2, -0.15) is 0 Å². The number of hydrogen-bond acceptors (Lipinski definition) is 3. The molecule has 3 nitrogen and oxygen atoms in total. The van der Waals surface area contributed by atoms with Crippen molar-refractivity contribution in [2.75, 3.05) is 11.5 Å². The second-order valence-corrected chi connectivity index (χ2v) is 7.53. The van der Waals surface area contributed by atoms with Crippen LogP contribution in [0.5, 0.6) is 0 Å². The van der Waals surface area contributed by atoms with E-state index >= 15 is 0 Å². The fourth-order valence-corrected chi connectivity index (χ4v) is 3.57. The third-order valence-electron chi connectivity index (χ3n) is 3.55. The van der Waals surface area contributed by atoms with Crippen molar-refractivity contribution in [1.82, 2.24) is 5.32 Å². The van der Waals surface area contributed by atoms with E-state index in [1.165, 1.54) is 25.7 Å². The molecule has 0 aromatic carbocycles. The molecule has 3 atom stereocenters. The third kappa shape index (κ3) is 4.42. The van der Waals surface area contributed by atoms with Crippen LogP contribution >= 0.6 is 0 Å². The topological polar surface area (TPSA) is 46.2 Å². The molecule has 16 heavy (non-hydrogen) atoms. The maximum Gasteiger partial charge on any atom is 0.151 e. The van der Waals surface area contributed by atoms with E-state index in [9.17, 15) is 8.42 Å². The van der Waals surface area contributed by atoms with E-state index in [2.05, 4.69) is 12.2 Å². The molecule has 1 aliphatic rings. The Morgan fingerprint density at radius 2 is 1.94 bits per heavy atom.